The van der Waals surface area contributed by atoms with Gasteiger partial charge >= 0.3 is 0 Å². The summed E-state index contributed by atoms with van der Waals surface area (Å²) < 4.78 is 32.8. The van der Waals surface area contributed by atoms with Gasteiger partial charge in [0.05, 0.1) is 41.2 Å². The number of benzene rings is 1. The molecule has 1 aromatic carbocycles. The third kappa shape index (κ3) is 4.87. The van der Waals surface area contributed by atoms with Crippen LogP contribution >= 0.6 is 0 Å². The highest BCUT2D eigenvalue weighted by molar-refractivity contribution is 7.93. The second-order valence-electron chi connectivity index (χ2n) is 10.1. The van der Waals surface area contributed by atoms with Crippen molar-refractivity contribution in [3.8, 4) is 17.1 Å². The molecule has 10 nitrogen and oxygen atoms in total. The van der Waals surface area contributed by atoms with Crippen LogP contribution in [-0.2, 0) is 15.6 Å². The normalized spacial score (nSPS) is 24.2. The van der Waals surface area contributed by atoms with Crippen LogP contribution in [0.3, 0.4) is 0 Å². The average molecular weight is 521 g/mol. The number of aromatic nitrogens is 4. The molecule has 2 heterocycles. The maximum Gasteiger partial charge on any atom is 0.252 e. The highest BCUT2D eigenvalue weighted by atomic mass is 32.2. The molecule has 3 aliphatic carbocycles. The quantitative estimate of drug-likeness (QED) is 0.439. The Morgan fingerprint density at radius 1 is 1.08 bits per heavy atom. The molecule has 0 saturated heterocycles. The van der Waals surface area contributed by atoms with Gasteiger partial charge in [-0.2, -0.15) is 0 Å². The number of hydrogen-bond donors (Lipinski definition) is 2. The van der Waals surface area contributed by atoms with Crippen molar-refractivity contribution in [1.29, 1.82) is 0 Å². The smallest absolute Gasteiger partial charge is 0.252 e. The second-order valence-corrected chi connectivity index (χ2v) is 12.0. The summed E-state index contributed by atoms with van der Waals surface area (Å²) in [5.41, 5.74) is 1.97. The fraction of sp³-hybridized carbons (Fsp3) is 0.423. The van der Waals surface area contributed by atoms with Gasteiger partial charge in [-0.15, -0.1) is 0 Å². The minimum atomic E-state index is -3.48. The molecule has 1 amide bonds. The summed E-state index contributed by atoms with van der Waals surface area (Å²) in [6.45, 7) is 2.39. The Kier molecular flexibility index (Phi) is 5.82. The zero-order chi connectivity index (χ0) is 25.6. The topological polar surface area (TPSA) is 136 Å². The molecule has 37 heavy (non-hydrogen) atoms. The molecule has 3 saturated carbocycles. The van der Waals surface area contributed by atoms with E-state index in [1.807, 2.05) is 19.1 Å². The van der Waals surface area contributed by atoms with Gasteiger partial charge in [0.25, 0.3) is 5.91 Å². The van der Waals surface area contributed by atoms with E-state index in [2.05, 4.69) is 30.0 Å². The van der Waals surface area contributed by atoms with E-state index in [1.54, 1.807) is 36.8 Å². The van der Waals surface area contributed by atoms with Crippen molar-refractivity contribution in [1.82, 2.24) is 25.3 Å². The van der Waals surface area contributed by atoms with E-state index >= 15 is 0 Å². The van der Waals surface area contributed by atoms with E-state index in [0.717, 1.165) is 24.8 Å². The lowest BCUT2D eigenvalue weighted by molar-refractivity contribution is 0.0888. The Balaban J connectivity index is 1.22. The molecule has 2 N–H and O–H groups in total. The fourth-order valence-corrected chi connectivity index (χ4v) is 6.49. The van der Waals surface area contributed by atoms with E-state index < -0.39 is 15.6 Å². The molecule has 3 aliphatic rings. The van der Waals surface area contributed by atoms with Gasteiger partial charge in [0.2, 0.25) is 21.9 Å². The summed E-state index contributed by atoms with van der Waals surface area (Å²) in [6.07, 6.45) is 8.78. The number of rotatable bonds is 9. The van der Waals surface area contributed by atoms with E-state index in [0.29, 0.717) is 54.1 Å². The van der Waals surface area contributed by atoms with Gasteiger partial charge in [-0.1, -0.05) is 12.1 Å². The SMILES string of the molecule is CCOc1cncc(-c2ccc(C(=O)NC3(c4ccnc(NS(=O)(=O)C5CC5)n4)CC4CC4C3)cc2)n1. The molecule has 3 fully saturated rings. The number of sulfonamides is 1. The van der Waals surface area contributed by atoms with Crippen LogP contribution in [0.25, 0.3) is 11.3 Å². The van der Waals surface area contributed by atoms with Crippen LogP contribution in [0, 0.1) is 11.8 Å². The zero-order valence-electron chi connectivity index (χ0n) is 20.4. The molecular formula is C26H28N6O4S. The number of fused-ring (bicyclic) bond motifs is 1. The summed E-state index contributed by atoms with van der Waals surface area (Å²) in [7, 11) is -3.48. The molecule has 2 unspecified atom stereocenters. The van der Waals surface area contributed by atoms with Crippen LogP contribution in [0.5, 0.6) is 5.88 Å². The third-order valence-electron chi connectivity index (χ3n) is 7.33. The monoisotopic (exact) mass is 520 g/mol. The van der Waals surface area contributed by atoms with Crippen molar-refractivity contribution < 1.29 is 17.9 Å². The Hall–Kier alpha value is -3.60. The minimum Gasteiger partial charge on any atom is -0.477 e. The first-order chi connectivity index (χ1) is 17.8. The van der Waals surface area contributed by atoms with E-state index in [4.69, 9.17) is 4.74 Å². The highest BCUT2D eigenvalue weighted by Gasteiger charge is 2.56. The first-order valence-electron chi connectivity index (χ1n) is 12.6. The van der Waals surface area contributed by atoms with Gasteiger partial charge in [-0.05, 0) is 69.1 Å². The third-order valence-corrected chi connectivity index (χ3v) is 9.15. The van der Waals surface area contributed by atoms with E-state index in [1.165, 1.54) is 0 Å². The van der Waals surface area contributed by atoms with Gasteiger partial charge in [-0.3, -0.25) is 14.5 Å². The molecule has 2 atom stereocenters. The lowest BCUT2D eigenvalue weighted by atomic mass is 9.88. The number of carbonyl (C=O) groups excluding carboxylic acids is 1. The maximum absolute atomic E-state index is 13.4. The first kappa shape index (κ1) is 23.8. The fourth-order valence-electron chi connectivity index (χ4n) is 5.21. The van der Waals surface area contributed by atoms with Gasteiger partial charge in [0.1, 0.15) is 0 Å². The summed E-state index contributed by atoms with van der Waals surface area (Å²) in [4.78, 5) is 30.7. The van der Waals surface area contributed by atoms with Crippen molar-refractivity contribution in [2.24, 2.45) is 11.8 Å². The molecule has 0 aliphatic heterocycles. The van der Waals surface area contributed by atoms with Crippen LogP contribution in [-0.4, -0.2) is 46.1 Å². The predicted octanol–water partition coefficient (Wildman–Crippen LogP) is 3.29. The van der Waals surface area contributed by atoms with Crippen LogP contribution in [0.4, 0.5) is 5.95 Å². The summed E-state index contributed by atoms with van der Waals surface area (Å²) in [5.74, 6) is 1.38. The lowest BCUT2D eigenvalue weighted by Crippen LogP contribution is -2.45. The van der Waals surface area contributed by atoms with Gasteiger partial charge in [-0.25, -0.2) is 23.4 Å². The number of carbonyl (C=O) groups is 1. The van der Waals surface area contributed by atoms with Crippen LogP contribution in [0.15, 0.2) is 48.9 Å². The number of ether oxygens (including phenoxy) is 1. The van der Waals surface area contributed by atoms with Crippen molar-refractivity contribution >= 4 is 21.9 Å². The molecule has 0 spiro atoms. The van der Waals surface area contributed by atoms with Crippen molar-refractivity contribution in [3.05, 3.63) is 60.2 Å². The number of nitrogens with zero attached hydrogens (tertiary/aromatic N) is 4. The van der Waals surface area contributed by atoms with Crippen LogP contribution in [0.1, 0.15) is 55.1 Å². The molecular weight excluding hydrogens is 492 g/mol. The van der Waals surface area contributed by atoms with Crippen molar-refractivity contribution in [2.75, 3.05) is 11.3 Å². The minimum absolute atomic E-state index is 0.0540. The van der Waals surface area contributed by atoms with Crippen molar-refractivity contribution in [3.63, 3.8) is 0 Å². The summed E-state index contributed by atoms with van der Waals surface area (Å²) in [6, 6.07) is 8.97. The summed E-state index contributed by atoms with van der Waals surface area (Å²) in [5, 5.41) is 2.87. The van der Waals surface area contributed by atoms with E-state index in [9.17, 15) is 13.2 Å². The van der Waals surface area contributed by atoms with Gasteiger partial charge in [0, 0.05) is 17.3 Å². The molecule has 6 rings (SSSR count). The van der Waals surface area contributed by atoms with Crippen LogP contribution < -0.4 is 14.8 Å². The highest BCUT2D eigenvalue weighted by Crippen LogP contribution is 2.59. The lowest BCUT2D eigenvalue weighted by Gasteiger charge is -2.32. The van der Waals surface area contributed by atoms with Crippen molar-refractivity contribution in [2.45, 2.75) is 49.8 Å². The Morgan fingerprint density at radius 3 is 2.54 bits per heavy atom. The van der Waals surface area contributed by atoms with Gasteiger partial charge < -0.3 is 10.1 Å². The number of anilines is 1. The zero-order valence-corrected chi connectivity index (χ0v) is 21.2. The standard InChI is InChI=1S/C26H28N6O4S/c1-2-36-23-15-27-14-21(29-23)16-3-5-17(6-4-16)24(33)31-26(12-18-11-19(18)13-26)22-9-10-28-25(30-22)32-37(34,35)20-7-8-20/h3-6,9-10,14-15,18-20H,2,7-8,11-13H2,1H3,(H,31,33)(H,28,30,32). The average Bonchev–Trinajstić information content (AvgIpc) is 3.83. The molecule has 2 aromatic heterocycles. The molecule has 11 heteroatoms. The predicted molar refractivity (Wildman–Crippen MR) is 136 cm³/mol. The Bertz CT molecular complexity index is 1430. The molecule has 0 radical (unpaired) electrons. The molecule has 3 aromatic rings. The second kappa shape index (κ2) is 9.05. The number of nitrogens with one attached hydrogen (secondary N) is 2. The number of amides is 1. The maximum atomic E-state index is 13.4. The molecule has 0 bridgehead atoms. The van der Waals surface area contributed by atoms with E-state index in [-0.39, 0.29) is 17.1 Å². The van der Waals surface area contributed by atoms with Gasteiger partial charge in [0.15, 0.2) is 0 Å². The Labute approximate surface area is 215 Å². The Morgan fingerprint density at radius 2 is 1.84 bits per heavy atom. The molecule has 192 valence electrons. The van der Waals surface area contributed by atoms with Crippen LogP contribution in [0.2, 0.25) is 0 Å². The summed E-state index contributed by atoms with van der Waals surface area (Å²) >= 11 is 0. The largest absolute Gasteiger partial charge is 0.477 e. The number of hydrogen-bond acceptors (Lipinski definition) is 8. The first-order valence-corrected chi connectivity index (χ1v) is 14.1.